The number of nitrogens with one attached hydrogen (secondary N) is 1. The number of morpholine rings is 1. The first kappa shape index (κ1) is 21.3. The maximum absolute atomic E-state index is 12.9. The molecule has 2 fully saturated rings. The summed E-state index contributed by atoms with van der Waals surface area (Å²) in [4.78, 5) is 30.3. The molecular weight excluding hydrogens is 458 g/mol. The zero-order chi connectivity index (χ0) is 22.2. The number of amides is 1. The topological polar surface area (TPSA) is 96.4 Å². The van der Waals surface area contributed by atoms with E-state index in [1.165, 1.54) is 33.6 Å². The average molecular weight is 486 g/mol. The lowest BCUT2D eigenvalue weighted by atomic mass is 9.97. The first-order chi connectivity index (χ1) is 16.2. The third-order valence-corrected chi connectivity index (χ3v) is 8.53. The molecule has 1 N–H and O–H groups in total. The largest absolute Gasteiger partial charge is 0.379 e. The van der Waals surface area contributed by atoms with Gasteiger partial charge in [-0.25, -0.2) is 9.97 Å². The molecule has 33 heavy (non-hydrogen) atoms. The van der Waals surface area contributed by atoms with E-state index in [1.807, 2.05) is 11.3 Å². The van der Waals surface area contributed by atoms with Crippen molar-refractivity contribution in [3.63, 3.8) is 0 Å². The van der Waals surface area contributed by atoms with Crippen molar-refractivity contribution < 1.29 is 9.53 Å². The van der Waals surface area contributed by atoms with Crippen molar-refractivity contribution in [3.05, 3.63) is 21.8 Å². The van der Waals surface area contributed by atoms with Gasteiger partial charge in [-0.1, -0.05) is 11.3 Å². The first-order valence-corrected chi connectivity index (χ1v) is 13.4. The van der Waals surface area contributed by atoms with Crippen molar-refractivity contribution in [2.75, 3.05) is 49.6 Å². The number of aryl methyl sites for hydroxylation is 2. The van der Waals surface area contributed by atoms with Crippen LogP contribution < -0.4 is 10.2 Å². The molecule has 2 aliphatic heterocycles. The standard InChI is InChI=1S/C22H27N7O2S2/c30-20(26-22-27-23-13-32-22)14-3-2-6-29(11-14)19-18-15-4-1-5-16(15)33-21(18)25-17(24-19)12-28-7-9-31-10-8-28/h13-14H,1-12H2,(H,26,27,30)/t14-/m1/s1. The molecule has 0 bridgehead atoms. The Bertz CT molecular complexity index is 1140. The summed E-state index contributed by atoms with van der Waals surface area (Å²) in [6.45, 7) is 5.67. The van der Waals surface area contributed by atoms with Crippen LogP contribution in [-0.2, 0) is 28.9 Å². The molecule has 9 nitrogen and oxygen atoms in total. The van der Waals surface area contributed by atoms with Gasteiger partial charge >= 0.3 is 0 Å². The lowest BCUT2D eigenvalue weighted by Gasteiger charge is -2.33. The van der Waals surface area contributed by atoms with Crippen molar-refractivity contribution in [3.8, 4) is 0 Å². The van der Waals surface area contributed by atoms with Gasteiger partial charge in [0.15, 0.2) is 0 Å². The number of ether oxygens (including phenoxy) is 1. The van der Waals surface area contributed by atoms with Crippen LogP contribution in [0.1, 0.15) is 35.5 Å². The Morgan fingerprint density at radius 3 is 2.94 bits per heavy atom. The lowest BCUT2D eigenvalue weighted by molar-refractivity contribution is -0.120. The molecule has 2 saturated heterocycles. The normalized spacial score (nSPS) is 21.5. The van der Waals surface area contributed by atoms with Gasteiger partial charge in [-0.15, -0.1) is 21.5 Å². The second kappa shape index (κ2) is 9.21. The minimum Gasteiger partial charge on any atom is -0.379 e. The third-order valence-electron chi connectivity index (χ3n) is 6.74. The van der Waals surface area contributed by atoms with Gasteiger partial charge in [-0.3, -0.25) is 9.69 Å². The number of hydrogen-bond donors (Lipinski definition) is 1. The summed E-state index contributed by atoms with van der Waals surface area (Å²) in [5.74, 6) is 1.82. The maximum atomic E-state index is 12.9. The minimum atomic E-state index is -0.0953. The molecule has 3 aromatic heterocycles. The molecule has 5 heterocycles. The van der Waals surface area contributed by atoms with Gasteiger partial charge < -0.3 is 15.0 Å². The summed E-state index contributed by atoms with van der Waals surface area (Å²) in [6, 6.07) is 0. The van der Waals surface area contributed by atoms with Crippen molar-refractivity contribution in [2.45, 2.75) is 38.6 Å². The molecule has 1 atom stereocenters. The van der Waals surface area contributed by atoms with Crippen molar-refractivity contribution in [1.82, 2.24) is 25.1 Å². The van der Waals surface area contributed by atoms with E-state index in [1.54, 1.807) is 5.51 Å². The number of fused-ring (bicyclic) bond motifs is 3. The van der Waals surface area contributed by atoms with Crippen LogP contribution in [0.2, 0.25) is 0 Å². The fourth-order valence-corrected chi connectivity index (χ4v) is 6.82. The average Bonchev–Trinajstić information content (AvgIpc) is 3.57. The summed E-state index contributed by atoms with van der Waals surface area (Å²) < 4.78 is 5.51. The van der Waals surface area contributed by atoms with Crippen molar-refractivity contribution >= 4 is 49.7 Å². The van der Waals surface area contributed by atoms with Crippen molar-refractivity contribution in [1.29, 1.82) is 0 Å². The zero-order valence-electron chi connectivity index (χ0n) is 18.5. The number of carbonyl (C=O) groups excluding carboxylic acids is 1. The van der Waals surface area contributed by atoms with Crippen LogP contribution in [0, 0.1) is 5.92 Å². The molecule has 0 unspecified atom stereocenters. The van der Waals surface area contributed by atoms with Gasteiger partial charge in [0.1, 0.15) is 22.0 Å². The number of rotatable bonds is 5. The highest BCUT2D eigenvalue weighted by Crippen LogP contribution is 2.41. The molecule has 3 aromatic rings. The second-order valence-electron chi connectivity index (χ2n) is 8.91. The zero-order valence-corrected chi connectivity index (χ0v) is 20.1. The van der Waals surface area contributed by atoms with E-state index < -0.39 is 0 Å². The van der Waals surface area contributed by atoms with Crippen molar-refractivity contribution in [2.24, 2.45) is 5.92 Å². The number of carbonyl (C=O) groups is 1. The molecular formula is C22H27N7O2S2. The minimum absolute atomic E-state index is 0.0193. The van der Waals surface area contributed by atoms with Gasteiger partial charge in [0, 0.05) is 31.1 Å². The highest BCUT2D eigenvalue weighted by Gasteiger charge is 2.31. The Hall–Kier alpha value is -2.21. The Morgan fingerprint density at radius 1 is 1.18 bits per heavy atom. The predicted molar refractivity (Wildman–Crippen MR) is 129 cm³/mol. The van der Waals surface area contributed by atoms with Gasteiger partial charge in [-0.05, 0) is 37.7 Å². The summed E-state index contributed by atoms with van der Waals surface area (Å²) in [7, 11) is 0. The maximum Gasteiger partial charge on any atom is 0.231 e. The molecule has 174 valence electrons. The molecule has 11 heteroatoms. The molecule has 0 aromatic carbocycles. The second-order valence-corrected chi connectivity index (χ2v) is 10.8. The van der Waals surface area contributed by atoms with E-state index in [0.717, 1.165) is 81.5 Å². The van der Waals surface area contributed by atoms with Crippen LogP contribution in [0.5, 0.6) is 0 Å². The Morgan fingerprint density at radius 2 is 2.09 bits per heavy atom. The number of thiophene rings is 1. The molecule has 3 aliphatic rings. The van der Waals surface area contributed by atoms with E-state index in [2.05, 4.69) is 25.3 Å². The van der Waals surface area contributed by atoms with Crippen LogP contribution in [0.4, 0.5) is 10.9 Å². The van der Waals surface area contributed by atoms with Gasteiger partial charge in [0.05, 0.1) is 31.1 Å². The lowest BCUT2D eigenvalue weighted by Crippen LogP contribution is -2.41. The molecule has 1 amide bonds. The number of piperidine rings is 1. The van der Waals surface area contributed by atoms with E-state index in [0.29, 0.717) is 11.7 Å². The van der Waals surface area contributed by atoms with Crippen LogP contribution in [0.3, 0.4) is 0 Å². The summed E-state index contributed by atoms with van der Waals surface area (Å²) in [5.41, 5.74) is 3.07. The van der Waals surface area contributed by atoms with Crippen LogP contribution >= 0.6 is 22.7 Å². The molecule has 0 saturated carbocycles. The summed E-state index contributed by atoms with van der Waals surface area (Å²) in [6.07, 6.45) is 5.28. The number of anilines is 2. The quantitative estimate of drug-likeness (QED) is 0.589. The molecule has 0 spiro atoms. The Balaban J connectivity index is 1.30. The van der Waals surface area contributed by atoms with E-state index in [9.17, 15) is 4.79 Å². The molecule has 6 rings (SSSR count). The molecule has 0 radical (unpaired) electrons. The monoisotopic (exact) mass is 485 g/mol. The number of hydrogen-bond acceptors (Lipinski definition) is 10. The Labute approximate surface area is 200 Å². The summed E-state index contributed by atoms with van der Waals surface area (Å²) >= 11 is 3.18. The number of aromatic nitrogens is 4. The van der Waals surface area contributed by atoms with Gasteiger partial charge in [-0.2, -0.15) is 0 Å². The van der Waals surface area contributed by atoms with Crippen LogP contribution in [0.25, 0.3) is 10.2 Å². The smallest absolute Gasteiger partial charge is 0.231 e. The molecule has 1 aliphatic carbocycles. The highest BCUT2D eigenvalue weighted by atomic mass is 32.1. The SMILES string of the molecule is O=C(Nc1nncs1)[C@@H]1CCCN(c2nc(CN3CCOCC3)nc3sc4c(c23)CCC4)C1. The van der Waals surface area contributed by atoms with Crippen LogP contribution in [-0.4, -0.2) is 70.4 Å². The van der Waals surface area contributed by atoms with Crippen LogP contribution in [0.15, 0.2) is 5.51 Å². The first-order valence-electron chi connectivity index (χ1n) is 11.7. The summed E-state index contributed by atoms with van der Waals surface area (Å²) in [5, 5.41) is 12.5. The van der Waals surface area contributed by atoms with E-state index in [4.69, 9.17) is 14.7 Å². The van der Waals surface area contributed by atoms with Gasteiger partial charge in [0.25, 0.3) is 0 Å². The fourth-order valence-electron chi connectivity index (χ4n) is 5.10. The van der Waals surface area contributed by atoms with Gasteiger partial charge in [0.2, 0.25) is 11.0 Å². The number of nitrogens with zero attached hydrogens (tertiary/aromatic N) is 6. The predicted octanol–water partition coefficient (Wildman–Crippen LogP) is 2.72. The Kier molecular flexibility index (Phi) is 5.95. The van der Waals surface area contributed by atoms with E-state index >= 15 is 0 Å². The fraction of sp³-hybridized carbons (Fsp3) is 0.591. The van der Waals surface area contributed by atoms with E-state index in [-0.39, 0.29) is 11.8 Å². The highest BCUT2D eigenvalue weighted by molar-refractivity contribution is 7.19. The third kappa shape index (κ3) is 4.34.